The van der Waals surface area contributed by atoms with Gasteiger partial charge in [-0.05, 0) is 32.4 Å². The number of carbonyl (C=O) groups is 1. The van der Waals surface area contributed by atoms with Crippen molar-refractivity contribution < 1.29 is 14.3 Å². The largest absolute Gasteiger partial charge is 0.379 e. The number of H-pyrrole nitrogens is 1. The molecule has 0 aliphatic carbocycles. The summed E-state index contributed by atoms with van der Waals surface area (Å²) < 4.78 is 11.4. The van der Waals surface area contributed by atoms with E-state index in [0.29, 0.717) is 32.7 Å². The third kappa shape index (κ3) is 5.16. The summed E-state index contributed by atoms with van der Waals surface area (Å²) in [4.78, 5) is 20.1. The van der Waals surface area contributed by atoms with Crippen LogP contribution in [-0.4, -0.2) is 47.8 Å². The molecule has 1 saturated heterocycles. The maximum absolute atomic E-state index is 12.4. The Balaban J connectivity index is 1.49. The Morgan fingerprint density at radius 3 is 3.08 bits per heavy atom. The number of amides is 1. The molecule has 2 N–H and O–H groups in total. The van der Waals surface area contributed by atoms with Crippen LogP contribution in [0.15, 0.2) is 35.9 Å². The van der Waals surface area contributed by atoms with Gasteiger partial charge in [-0.1, -0.05) is 23.8 Å². The first-order valence-corrected chi connectivity index (χ1v) is 9.17. The summed E-state index contributed by atoms with van der Waals surface area (Å²) in [6.45, 7) is 5.79. The fourth-order valence-corrected chi connectivity index (χ4v) is 3.01. The number of para-hydroxylation sites is 2. The van der Waals surface area contributed by atoms with Crippen molar-refractivity contribution >= 4 is 16.9 Å². The highest BCUT2D eigenvalue weighted by atomic mass is 16.5. The molecule has 1 aliphatic heterocycles. The van der Waals surface area contributed by atoms with E-state index in [4.69, 9.17) is 9.47 Å². The molecule has 6 nitrogen and oxygen atoms in total. The normalized spacial score (nSPS) is 20.1. The van der Waals surface area contributed by atoms with Crippen molar-refractivity contribution in [2.24, 2.45) is 0 Å². The van der Waals surface area contributed by atoms with Gasteiger partial charge in [0.15, 0.2) is 0 Å². The molecule has 1 fully saturated rings. The van der Waals surface area contributed by atoms with Crippen LogP contribution in [0.5, 0.6) is 0 Å². The second kappa shape index (κ2) is 8.96. The molecule has 2 heterocycles. The van der Waals surface area contributed by atoms with Crippen molar-refractivity contribution in [2.75, 3.05) is 19.8 Å². The number of carbonyl (C=O) groups excluding carboxylic acids is 1. The van der Waals surface area contributed by atoms with Crippen LogP contribution in [0.25, 0.3) is 11.0 Å². The van der Waals surface area contributed by atoms with Crippen LogP contribution in [0.2, 0.25) is 0 Å². The minimum atomic E-state index is -0.102. The number of nitrogens with zero attached hydrogens (tertiary/aromatic N) is 1. The molecule has 2 atom stereocenters. The van der Waals surface area contributed by atoms with Crippen LogP contribution in [0.3, 0.4) is 0 Å². The van der Waals surface area contributed by atoms with Gasteiger partial charge in [0.05, 0.1) is 30.3 Å². The van der Waals surface area contributed by atoms with Crippen LogP contribution < -0.4 is 5.32 Å². The molecule has 0 radical (unpaired) electrons. The van der Waals surface area contributed by atoms with E-state index < -0.39 is 0 Å². The number of aryl methyl sites for hydroxylation is 1. The first-order chi connectivity index (χ1) is 12.6. The SMILES string of the molecule is CC(C)=CCO[C@@H]1COCC[C@H]1NC(=O)CCc1nc2ccccc2[nH]1. The number of allylic oxidation sites excluding steroid dienone is 1. The molecule has 0 spiro atoms. The third-order valence-electron chi connectivity index (χ3n) is 4.48. The quantitative estimate of drug-likeness (QED) is 0.747. The number of fused-ring (bicyclic) bond motifs is 1. The van der Waals surface area contributed by atoms with Crippen LogP contribution in [0.4, 0.5) is 0 Å². The van der Waals surface area contributed by atoms with Crippen LogP contribution in [-0.2, 0) is 20.7 Å². The van der Waals surface area contributed by atoms with Gasteiger partial charge in [-0.25, -0.2) is 4.98 Å². The fraction of sp³-hybridized carbons (Fsp3) is 0.500. The summed E-state index contributed by atoms with van der Waals surface area (Å²) in [6, 6.07) is 7.88. The van der Waals surface area contributed by atoms with Crippen molar-refractivity contribution in [1.82, 2.24) is 15.3 Å². The number of rotatable bonds is 7. The van der Waals surface area contributed by atoms with Crippen molar-refractivity contribution in [3.8, 4) is 0 Å². The monoisotopic (exact) mass is 357 g/mol. The Kier molecular flexibility index (Phi) is 6.41. The second-order valence-electron chi connectivity index (χ2n) is 6.89. The zero-order valence-electron chi connectivity index (χ0n) is 15.5. The summed E-state index contributed by atoms with van der Waals surface area (Å²) in [5, 5.41) is 3.10. The third-order valence-corrected chi connectivity index (χ3v) is 4.48. The molecule has 2 aromatic rings. The number of imidazole rings is 1. The molecule has 6 heteroatoms. The maximum atomic E-state index is 12.4. The van der Waals surface area contributed by atoms with Crippen molar-refractivity contribution in [2.45, 2.75) is 45.3 Å². The lowest BCUT2D eigenvalue weighted by Crippen LogP contribution is -2.50. The second-order valence-corrected chi connectivity index (χ2v) is 6.89. The molecule has 1 amide bonds. The molecular formula is C20H27N3O3. The Hall–Kier alpha value is -2.18. The summed E-state index contributed by atoms with van der Waals surface area (Å²) in [5.74, 6) is 0.859. The average Bonchev–Trinajstić information content (AvgIpc) is 3.04. The molecule has 1 aromatic heterocycles. The Bertz CT molecular complexity index is 732. The summed E-state index contributed by atoms with van der Waals surface area (Å²) >= 11 is 0. The molecule has 0 bridgehead atoms. The average molecular weight is 357 g/mol. The van der Waals surface area contributed by atoms with Crippen molar-refractivity contribution in [3.63, 3.8) is 0 Å². The Morgan fingerprint density at radius 2 is 2.27 bits per heavy atom. The zero-order valence-corrected chi connectivity index (χ0v) is 15.5. The van der Waals surface area contributed by atoms with Crippen LogP contribution in [0.1, 0.15) is 32.5 Å². The number of nitrogens with one attached hydrogen (secondary N) is 2. The number of ether oxygens (including phenoxy) is 2. The van der Waals surface area contributed by atoms with E-state index in [2.05, 4.69) is 15.3 Å². The molecule has 0 saturated carbocycles. The zero-order chi connectivity index (χ0) is 18.4. The fourth-order valence-electron chi connectivity index (χ4n) is 3.01. The highest BCUT2D eigenvalue weighted by Gasteiger charge is 2.27. The van der Waals surface area contributed by atoms with Gasteiger partial charge in [-0.3, -0.25) is 4.79 Å². The van der Waals surface area contributed by atoms with E-state index in [1.54, 1.807) is 0 Å². The first kappa shape index (κ1) is 18.6. The van der Waals surface area contributed by atoms with Crippen LogP contribution in [0, 0.1) is 0 Å². The minimum absolute atomic E-state index is 0.00233. The van der Waals surface area contributed by atoms with Gasteiger partial charge in [0.1, 0.15) is 11.9 Å². The van der Waals surface area contributed by atoms with Crippen molar-refractivity contribution in [3.05, 3.63) is 41.7 Å². The number of hydrogen-bond acceptors (Lipinski definition) is 4. The highest BCUT2D eigenvalue weighted by Crippen LogP contribution is 2.14. The Labute approximate surface area is 154 Å². The van der Waals surface area contributed by atoms with E-state index in [9.17, 15) is 4.79 Å². The van der Waals surface area contributed by atoms with Gasteiger partial charge in [0.25, 0.3) is 0 Å². The van der Waals surface area contributed by atoms with E-state index in [1.807, 2.05) is 44.2 Å². The summed E-state index contributed by atoms with van der Waals surface area (Å²) in [6.07, 6.45) is 3.70. The van der Waals surface area contributed by atoms with Gasteiger partial charge in [-0.15, -0.1) is 0 Å². The smallest absolute Gasteiger partial charge is 0.220 e. The predicted octanol–water partition coefficient (Wildman–Crippen LogP) is 2.75. The topological polar surface area (TPSA) is 76.2 Å². The predicted molar refractivity (Wildman–Crippen MR) is 101 cm³/mol. The molecule has 0 unspecified atom stereocenters. The van der Waals surface area contributed by atoms with Gasteiger partial charge >= 0.3 is 0 Å². The number of benzene rings is 1. The lowest BCUT2D eigenvalue weighted by Gasteiger charge is -2.31. The van der Waals surface area contributed by atoms with E-state index >= 15 is 0 Å². The first-order valence-electron chi connectivity index (χ1n) is 9.17. The molecule has 1 aliphatic rings. The number of aromatic nitrogens is 2. The van der Waals surface area contributed by atoms with Gasteiger partial charge < -0.3 is 19.8 Å². The molecule has 26 heavy (non-hydrogen) atoms. The van der Waals surface area contributed by atoms with Gasteiger partial charge in [0, 0.05) is 19.4 Å². The standard InChI is InChI=1S/C20H27N3O3/c1-14(2)9-12-26-18-13-25-11-10-17(18)23-20(24)8-7-19-21-15-5-3-4-6-16(15)22-19/h3-6,9,17-18H,7-8,10-13H2,1-2H3,(H,21,22)(H,23,24)/t17-,18-/m1/s1. The molecule has 1 aromatic carbocycles. The highest BCUT2D eigenvalue weighted by molar-refractivity contribution is 5.77. The summed E-state index contributed by atoms with van der Waals surface area (Å²) in [7, 11) is 0. The Morgan fingerprint density at radius 1 is 1.42 bits per heavy atom. The summed E-state index contributed by atoms with van der Waals surface area (Å²) in [5.41, 5.74) is 3.15. The number of aromatic amines is 1. The lowest BCUT2D eigenvalue weighted by molar-refractivity contribution is -0.125. The van der Waals surface area contributed by atoms with E-state index in [-0.39, 0.29) is 18.1 Å². The minimum Gasteiger partial charge on any atom is -0.379 e. The molecular weight excluding hydrogens is 330 g/mol. The van der Waals surface area contributed by atoms with Crippen LogP contribution >= 0.6 is 0 Å². The molecule has 140 valence electrons. The lowest BCUT2D eigenvalue weighted by atomic mass is 10.1. The maximum Gasteiger partial charge on any atom is 0.220 e. The number of hydrogen-bond donors (Lipinski definition) is 2. The molecule has 3 rings (SSSR count). The van der Waals surface area contributed by atoms with Gasteiger partial charge in [0.2, 0.25) is 5.91 Å². The van der Waals surface area contributed by atoms with E-state index in [1.165, 1.54) is 5.57 Å². The van der Waals surface area contributed by atoms with Gasteiger partial charge in [-0.2, -0.15) is 0 Å². The van der Waals surface area contributed by atoms with E-state index in [0.717, 1.165) is 23.3 Å². The van der Waals surface area contributed by atoms with Crippen molar-refractivity contribution in [1.29, 1.82) is 0 Å².